The second-order valence-electron chi connectivity index (χ2n) is 6.30. The van der Waals surface area contributed by atoms with Gasteiger partial charge in [0.2, 0.25) is 5.91 Å². The number of carbonyl (C=O) groups excluding carboxylic acids is 1. The summed E-state index contributed by atoms with van der Waals surface area (Å²) in [7, 11) is 3.48. The number of aryl methyl sites for hydroxylation is 1. The van der Waals surface area contributed by atoms with Crippen LogP contribution in [0.25, 0.3) is 0 Å². The Hall–Kier alpha value is -1.20. The molecular formula is C18H28IN5OS2. The molecule has 0 aliphatic rings. The third-order valence-corrected chi connectivity index (χ3v) is 5.83. The molecule has 0 bridgehead atoms. The van der Waals surface area contributed by atoms with E-state index in [4.69, 9.17) is 0 Å². The van der Waals surface area contributed by atoms with Crippen molar-refractivity contribution in [2.24, 2.45) is 4.99 Å². The van der Waals surface area contributed by atoms with Crippen LogP contribution in [-0.4, -0.2) is 55.5 Å². The van der Waals surface area contributed by atoms with Crippen molar-refractivity contribution >= 4 is 58.5 Å². The third kappa shape index (κ3) is 8.56. The Balaban J connectivity index is 0.00000364. The van der Waals surface area contributed by atoms with Crippen molar-refractivity contribution in [3.8, 4) is 0 Å². The van der Waals surface area contributed by atoms with Gasteiger partial charge in [0.05, 0.1) is 5.01 Å². The number of nitrogens with zero attached hydrogens (tertiary/aromatic N) is 3. The lowest BCUT2D eigenvalue weighted by Crippen LogP contribution is -2.41. The van der Waals surface area contributed by atoms with Crippen LogP contribution in [0, 0.1) is 6.92 Å². The molecule has 1 atom stereocenters. The van der Waals surface area contributed by atoms with Crippen LogP contribution >= 0.6 is 46.7 Å². The number of aromatic nitrogens is 1. The van der Waals surface area contributed by atoms with Gasteiger partial charge < -0.3 is 15.5 Å². The number of thiazole rings is 1. The van der Waals surface area contributed by atoms with E-state index in [1.165, 1.54) is 9.75 Å². The number of hydrogen-bond donors (Lipinski definition) is 2. The lowest BCUT2D eigenvalue weighted by Gasteiger charge is -2.16. The molecule has 2 aromatic heterocycles. The van der Waals surface area contributed by atoms with Gasteiger partial charge in [-0.15, -0.1) is 46.7 Å². The zero-order valence-corrected chi connectivity index (χ0v) is 20.2. The van der Waals surface area contributed by atoms with E-state index in [2.05, 4.69) is 52.0 Å². The fourth-order valence-electron chi connectivity index (χ4n) is 2.16. The first-order valence-electron chi connectivity index (χ1n) is 8.62. The summed E-state index contributed by atoms with van der Waals surface area (Å²) in [5.41, 5.74) is 0. The highest BCUT2D eigenvalue weighted by atomic mass is 127. The lowest BCUT2D eigenvalue weighted by atomic mass is 10.2. The summed E-state index contributed by atoms with van der Waals surface area (Å²) in [4.78, 5) is 24.8. The molecule has 0 aliphatic heterocycles. The normalized spacial score (nSPS) is 12.2. The molecule has 2 heterocycles. The Labute approximate surface area is 186 Å². The van der Waals surface area contributed by atoms with Crippen molar-refractivity contribution in [3.63, 3.8) is 0 Å². The van der Waals surface area contributed by atoms with Gasteiger partial charge in [0.1, 0.15) is 6.54 Å². The van der Waals surface area contributed by atoms with E-state index >= 15 is 0 Å². The molecule has 0 aliphatic carbocycles. The van der Waals surface area contributed by atoms with Gasteiger partial charge in [-0.1, -0.05) is 13.0 Å². The number of rotatable bonds is 8. The maximum atomic E-state index is 11.8. The lowest BCUT2D eigenvalue weighted by molar-refractivity contribution is -0.127. The predicted octanol–water partition coefficient (Wildman–Crippen LogP) is 3.10. The highest BCUT2D eigenvalue weighted by Gasteiger charge is 2.11. The SMILES string of the molecule is Cc1cnc(C(C)CNC(=NCC(=O)N(C)C)NCCc2cccs2)s1.I. The molecule has 27 heavy (non-hydrogen) atoms. The number of hydrogen-bond acceptors (Lipinski definition) is 5. The van der Waals surface area contributed by atoms with Crippen LogP contribution in [-0.2, 0) is 11.2 Å². The molecule has 0 fully saturated rings. The van der Waals surface area contributed by atoms with Crippen LogP contribution in [0.3, 0.4) is 0 Å². The van der Waals surface area contributed by atoms with Crippen LogP contribution in [0.2, 0.25) is 0 Å². The Morgan fingerprint density at radius 2 is 2.15 bits per heavy atom. The second kappa shape index (κ2) is 12.3. The molecule has 2 N–H and O–H groups in total. The Bertz CT molecular complexity index is 715. The Kier molecular flexibility index (Phi) is 10.9. The standard InChI is InChI=1S/C18H27N5OS2.HI/c1-13(17-20-11-14(2)26-17)10-21-18(22-12-16(24)23(3)4)19-8-7-15-6-5-9-25-15;/h5-6,9,11,13H,7-8,10,12H2,1-4H3,(H2,19,21,22);1H. The molecule has 9 heteroatoms. The molecule has 0 spiro atoms. The molecule has 0 aromatic carbocycles. The number of guanidine groups is 1. The average Bonchev–Trinajstić information content (AvgIpc) is 3.27. The van der Waals surface area contributed by atoms with Crippen LogP contribution in [0.15, 0.2) is 28.7 Å². The van der Waals surface area contributed by atoms with Crippen molar-refractivity contribution < 1.29 is 4.79 Å². The number of carbonyl (C=O) groups is 1. The van der Waals surface area contributed by atoms with Gasteiger partial charge in [0, 0.05) is 49.1 Å². The maximum Gasteiger partial charge on any atom is 0.243 e. The van der Waals surface area contributed by atoms with Gasteiger partial charge in [-0.25, -0.2) is 9.98 Å². The maximum absolute atomic E-state index is 11.8. The van der Waals surface area contributed by atoms with Crippen molar-refractivity contribution in [3.05, 3.63) is 38.5 Å². The molecule has 2 rings (SSSR count). The first kappa shape index (κ1) is 23.8. The molecule has 1 unspecified atom stereocenters. The highest BCUT2D eigenvalue weighted by Crippen LogP contribution is 2.20. The van der Waals surface area contributed by atoms with Gasteiger partial charge >= 0.3 is 0 Å². The van der Waals surface area contributed by atoms with E-state index in [9.17, 15) is 4.79 Å². The quantitative estimate of drug-likeness (QED) is 0.318. The Morgan fingerprint density at radius 1 is 1.37 bits per heavy atom. The number of amides is 1. The van der Waals surface area contributed by atoms with Gasteiger partial charge in [-0.05, 0) is 24.8 Å². The number of likely N-dealkylation sites (N-methyl/N-ethyl adjacent to an activating group) is 1. The molecule has 0 saturated heterocycles. The first-order valence-corrected chi connectivity index (χ1v) is 10.3. The van der Waals surface area contributed by atoms with Crippen molar-refractivity contribution in [2.45, 2.75) is 26.2 Å². The molecule has 6 nitrogen and oxygen atoms in total. The van der Waals surface area contributed by atoms with Crippen LogP contribution in [0.4, 0.5) is 0 Å². The predicted molar refractivity (Wildman–Crippen MR) is 126 cm³/mol. The summed E-state index contributed by atoms with van der Waals surface area (Å²) < 4.78 is 0. The van der Waals surface area contributed by atoms with E-state index < -0.39 is 0 Å². The summed E-state index contributed by atoms with van der Waals surface area (Å²) in [6, 6.07) is 4.18. The van der Waals surface area contributed by atoms with Crippen LogP contribution in [0.5, 0.6) is 0 Å². The van der Waals surface area contributed by atoms with Gasteiger partial charge in [0.25, 0.3) is 0 Å². The summed E-state index contributed by atoms with van der Waals surface area (Å²) in [6.45, 7) is 5.82. The van der Waals surface area contributed by atoms with Crippen LogP contribution < -0.4 is 10.6 Å². The summed E-state index contributed by atoms with van der Waals surface area (Å²) in [5.74, 6) is 0.924. The molecule has 150 valence electrons. The average molecular weight is 521 g/mol. The highest BCUT2D eigenvalue weighted by molar-refractivity contribution is 14.0. The van der Waals surface area contributed by atoms with Crippen LogP contribution in [0.1, 0.15) is 27.6 Å². The topological polar surface area (TPSA) is 69.6 Å². The number of nitrogens with one attached hydrogen (secondary N) is 2. The molecule has 0 radical (unpaired) electrons. The minimum absolute atomic E-state index is 0. The molecule has 0 saturated carbocycles. The number of halogens is 1. The third-order valence-electron chi connectivity index (χ3n) is 3.75. The Morgan fingerprint density at radius 3 is 2.74 bits per heavy atom. The van der Waals surface area contributed by atoms with Crippen molar-refractivity contribution in [2.75, 3.05) is 33.7 Å². The summed E-state index contributed by atoms with van der Waals surface area (Å²) in [5, 5.41) is 9.85. The van der Waals surface area contributed by atoms with Gasteiger partial charge in [-0.2, -0.15) is 0 Å². The minimum atomic E-state index is -0.0204. The second-order valence-corrected chi connectivity index (χ2v) is 8.60. The monoisotopic (exact) mass is 521 g/mol. The van der Waals surface area contributed by atoms with E-state index in [-0.39, 0.29) is 42.3 Å². The van der Waals surface area contributed by atoms with E-state index in [0.29, 0.717) is 12.5 Å². The molecule has 1 amide bonds. The van der Waals surface area contributed by atoms with E-state index in [1.54, 1.807) is 41.7 Å². The first-order chi connectivity index (χ1) is 12.5. The van der Waals surface area contributed by atoms with E-state index in [0.717, 1.165) is 18.0 Å². The zero-order valence-electron chi connectivity index (χ0n) is 16.2. The number of thiophene rings is 1. The van der Waals surface area contributed by atoms with Crippen molar-refractivity contribution in [1.29, 1.82) is 0 Å². The van der Waals surface area contributed by atoms with E-state index in [1.807, 2.05) is 6.20 Å². The minimum Gasteiger partial charge on any atom is -0.356 e. The van der Waals surface area contributed by atoms with Crippen molar-refractivity contribution in [1.82, 2.24) is 20.5 Å². The summed E-state index contributed by atoms with van der Waals surface area (Å²) >= 11 is 3.46. The number of aliphatic imine (C=N–C) groups is 1. The summed E-state index contributed by atoms with van der Waals surface area (Å²) in [6.07, 6.45) is 2.84. The molecular weight excluding hydrogens is 493 g/mol. The molecule has 2 aromatic rings. The van der Waals surface area contributed by atoms with Gasteiger partial charge in [-0.3, -0.25) is 4.79 Å². The largest absolute Gasteiger partial charge is 0.356 e. The smallest absolute Gasteiger partial charge is 0.243 e. The fourth-order valence-corrected chi connectivity index (χ4v) is 3.69. The zero-order chi connectivity index (χ0) is 18.9. The van der Waals surface area contributed by atoms with Gasteiger partial charge in [0.15, 0.2) is 5.96 Å². The fraction of sp³-hybridized carbons (Fsp3) is 0.500.